The van der Waals surface area contributed by atoms with Crippen molar-refractivity contribution in [2.45, 2.75) is 10.1 Å². The lowest BCUT2D eigenvalue weighted by Crippen LogP contribution is -1.98. The van der Waals surface area contributed by atoms with Crippen LogP contribution in [0, 0.1) is 0 Å². The van der Waals surface area contributed by atoms with Gasteiger partial charge < -0.3 is 9.84 Å². The largest absolute Gasteiger partial charge is 0.495 e. The molecule has 2 N–H and O–H groups in total. The maximum Gasteiger partial charge on any atom is 0.356 e. The number of aromatic carboxylic acids is 1. The number of aromatic nitrogens is 4. The summed E-state index contributed by atoms with van der Waals surface area (Å²) in [5, 5.41) is 22.6. The summed E-state index contributed by atoms with van der Waals surface area (Å²) in [6.45, 7) is 0. The van der Waals surface area contributed by atoms with Gasteiger partial charge >= 0.3 is 5.97 Å². The quantitative estimate of drug-likeness (QED) is 0.711. The smallest absolute Gasteiger partial charge is 0.356 e. The number of methoxy groups -OCH3 is 1. The first-order valence-corrected chi connectivity index (χ1v) is 8.27. The van der Waals surface area contributed by atoms with Gasteiger partial charge in [0.25, 0.3) is 0 Å². The third-order valence-corrected chi connectivity index (χ3v) is 5.05. The Kier molecular flexibility index (Phi) is 4.51. The third kappa shape index (κ3) is 3.31. The van der Waals surface area contributed by atoms with Gasteiger partial charge in [0.15, 0.2) is 10.7 Å². The molecule has 0 saturated heterocycles. The second-order valence-corrected chi connectivity index (χ2v) is 6.51. The summed E-state index contributed by atoms with van der Waals surface area (Å²) in [6.07, 6.45) is 0. The topological polar surface area (TPSA) is 101 Å². The van der Waals surface area contributed by atoms with Gasteiger partial charge in [0.05, 0.1) is 12.1 Å². The van der Waals surface area contributed by atoms with Gasteiger partial charge in [0, 0.05) is 10.9 Å². The van der Waals surface area contributed by atoms with Crippen LogP contribution in [0.1, 0.15) is 10.5 Å². The Morgan fingerprint density at radius 2 is 2.30 bits per heavy atom. The summed E-state index contributed by atoms with van der Waals surface area (Å²) in [5.74, 6) is -0.523. The highest BCUT2D eigenvalue weighted by Crippen LogP contribution is 2.35. The number of nitrogens with zero attached hydrogens (tertiary/aromatic N) is 3. The number of ether oxygens (including phenoxy) is 1. The minimum absolute atomic E-state index is 0.0583. The number of hydrogen-bond acceptors (Lipinski definition) is 7. The summed E-state index contributed by atoms with van der Waals surface area (Å²) in [4.78, 5) is 15.5. The van der Waals surface area contributed by atoms with E-state index in [4.69, 9.17) is 21.4 Å². The first-order chi connectivity index (χ1) is 11.1. The van der Waals surface area contributed by atoms with E-state index in [1.165, 1.54) is 11.3 Å². The van der Waals surface area contributed by atoms with Crippen molar-refractivity contribution >= 4 is 40.7 Å². The minimum Gasteiger partial charge on any atom is -0.495 e. The van der Waals surface area contributed by atoms with Gasteiger partial charge in [-0.3, -0.25) is 5.10 Å². The summed E-state index contributed by atoms with van der Waals surface area (Å²) in [5.41, 5.74) is 0.795. The molecule has 2 heterocycles. The molecule has 0 aliphatic rings. The van der Waals surface area contributed by atoms with Gasteiger partial charge in [-0.1, -0.05) is 16.8 Å². The number of benzene rings is 1. The highest BCUT2D eigenvalue weighted by Gasteiger charge is 2.17. The molecule has 0 saturated carbocycles. The van der Waals surface area contributed by atoms with Gasteiger partial charge in [-0.15, -0.1) is 16.4 Å². The number of thiazole rings is 1. The molecule has 0 bridgehead atoms. The van der Waals surface area contributed by atoms with Gasteiger partial charge in [-0.05, 0) is 30.0 Å². The predicted molar refractivity (Wildman–Crippen MR) is 86.6 cm³/mol. The molecular formula is C13H9ClN4O3S2. The SMILES string of the molecule is COc1ccc(-c2nc(Sc3nn[nH]c3C(=O)O)cs2)cc1Cl. The fraction of sp³-hybridized carbons (Fsp3) is 0.0769. The Bertz CT molecular complexity index is 865. The van der Waals surface area contributed by atoms with Crippen LogP contribution in [0.4, 0.5) is 0 Å². The fourth-order valence-corrected chi connectivity index (χ4v) is 3.75. The number of carboxylic acids is 1. The molecule has 23 heavy (non-hydrogen) atoms. The Morgan fingerprint density at radius 3 is 3.00 bits per heavy atom. The number of aromatic amines is 1. The molecule has 1 aromatic carbocycles. The molecule has 0 amide bonds. The lowest BCUT2D eigenvalue weighted by atomic mass is 10.2. The van der Waals surface area contributed by atoms with Crippen LogP contribution in [-0.4, -0.2) is 38.6 Å². The van der Waals surface area contributed by atoms with E-state index in [2.05, 4.69) is 20.4 Å². The second-order valence-electron chi connectivity index (χ2n) is 4.24. The maximum absolute atomic E-state index is 11.0. The van der Waals surface area contributed by atoms with Gasteiger partial charge in [0.1, 0.15) is 15.8 Å². The molecule has 0 aliphatic carbocycles. The molecule has 0 radical (unpaired) electrons. The Hall–Kier alpha value is -2.10. The zero-order chi connectivity index (χ0) is 16.4. The highest BCUT2D eigenvalue weighted by atomic mass is 35.5. The second kappa shape index (κ2) is 6.57. The molecule has 0 aliphatic heterocycles. The fourth-order valence-electron chi connectivity index (χ4n) is 1.77. The number of nitrogens with one attached hydrogen (secondary N) is 1. The lowest BCUT2D eigenvalue weighted by molar-refractivity contribution is 0.0686. The molecule has 0 spiro atoms. The van der Waals surface area contributed by atoms with Crippen LogP contribution in [0.15, 0.2) is 33.6 Å². The molecule has 0 fully saturated rings. The Labute approximate surface area is 143 Å². The summed E-state index contributed by atoms with van der Waals surface area (Å²) in [7, 11) is 1.55. The van der Waals surface area contributed by atoms with E-state index in [1.54, 1.807) is 19.2 Å². The molecule has 0 atom stereocenters. The molecular weight excluding hydrogens is 360 g/mol. The number of H-pyrrole nitrogens is 1. The summed E-state index contributed by atoms with van der Waals surface area (Å²) >= 11 is 8.67. The zero-order valence-corrected chi connectivity index (χ0v) is 14.0. The van der Waals surface area contributed by atoms with E-state index in [-0.39, 0.29) is 10.7 Å². The minimum atomic E-state index is -1.12. The van der Waals surface area contributed by atoms with Crippen LogP contribution in [0.25, 0.3) is 10.6 Å². The Balaban J connectivity index is 1.84. The zero-order valence-electron chi connectivity index (χ0n) is 11.6. The van der Waals surface area contributed by atoms with Crippen LogP contribution in [-0.2, 0) is 0 Å². The number of hydrogen-bond donors (Lipinski definition) is 2. The molecule has 3 rings (SSSR count). The van der Waals surface area contributed by atoms with Crippen molar-refractivity contribution in [3.05, 3.63) is 34.3 Å². The van der Waals surface area contributed by atoms with Crippen molar-refractivity contribution in [3.63, 3.8) is 0 Å². The van der Waals surface area contributed by atoms with E-state index in [1.807, 2.05) is 11.4 Å². The predicted octanol–water partition coefficient (Wildman–Crippen LogP) is 3.44. The number of halogens is 1. The van der Waals surface area contributed by atoms with Gasteiger partial charge in [-0.2, -0.15) is 0 Å². The lowest BCUT2D eigenvalue weighted by Gasteiger charge is -2.03. The molecule has 0 unspecified atom stereocenters. The van der Waals surface area contributed by atoms with Crippen LogP contribution in [0.2, 0.25) is 5.02 Å². The molecule has 2 aromatic heterocycles. The van der Waals surface area contributed by atoms with E-state index in [0.29, 0.717) is 15.8 Å². The number of rotatable bonds is 5. The van der Waals surface area contributed by atoms with E-state index in [0.717, 1.165) is 22.3 Å². The molecule has 10 heteroatoms. The van der Waals surface area contributed by atoms with E-state index in [9.17, 15) is 4.79 Å². The average molecular weight is 369 g/mol. The van der Waals surface area contributed by atoms with Crippen molar-refractivity contribution < 1.29 is 14.6 Å². The first-order valence-electron chi connectivity index (χ1n) is 6.20. The van der Waals surface area contributed by atoms with Crippen molar-refractivity contribution in [3.8, 4) is 16.3 Å². The third-order valence-electron chi connectivity index (χ3n) is 2.81. The van der Waals surface area contributed by atoms with E-state index >= 15 is 0 Å². The van der Waals surface area contributed by atoms with Crippen LogP contribution in [0.3, 0.4) is 0 Å². The standard InChI is InChI=1S/C13H9ClN4O3S2/c1-21-8-3-2-6(4-7(8)14)11-15-9(5-22-11)23-12-10(13(19)20)16-18-17-12/h2-5H,1H3,(H,19,20)(H,16,17,18). The normalized spacial score (nSPS) is 10.7. The Morgan fingerprint density at radius 1 is 1.48 bits per heavy atom. The van der Waals surface area contributed by atoms with Gasteiger partial charge in [-0.25, -0.2) is 9.78 Å². The highest BCUT2D eigenvalue weighted by molar-refractivity contribution is 7.99. The molecule has 118 valence electrons. The number of carbonyl (C=O) groups is 1. The maximum atomic E-state index is 11.0. The van der Waals surface area contributed by atoms with E-state index < -0.39 is 5.97 Å². The summed E-state index contributed by atoms with van der Waals surface area (Å²) < 4.78 is 5.12. The van der Waals surface area contributed by atoms with Crippen LogP contribution >= 0.6 is 34.7 Å². The van der Waals surface area contributed by atoms with Gasteiger partial charge in [0.2, 0.25) is 0 Å². The number of carboxylic acid groups (broad SMARTS) is 1. The van der Waals surface area contributed by atoms with Crippen molar-refractivity contribution in [2.75, 3.05) is 7.11 Å². The van der Waals surface area contributed by atoms with Crippen molar-refractivity contribution in [1.82, 2.24) is 20.4 Å². The van der Waals surface area contributed by atoms with Crippen molar-refractivity contribution in [1.29, 1.82) is 0 Å². The average Bonchev–Trinajstić information content (AvgIpc) is 3.17. The van der Waals surface area contributed by atoms with Crippen LogP contribution in [0.5, 0.6) is 5.75 Å². The van der Waals surface area contributed by atoms with Crippen molar-refractivity contribution in [2.24, 2.45) is 0 Å². The molecule has 3 aromatic rings. The van der Waals surface area contributed by atoms with Crippen LogP contribution < -0.4 is 4.74 Å². The summed E-state index contributed by atoms with van der Waals surface area (Å²) in [6, 6.07) is 5.40. The molecule has 7 nitrogen and oxygen atoms in total. The first kappa shape index (κ1) is 15.8. The monoisotopic (exact) mass is 368 g/mol.